The number of halogens is 1. The largest absolute Gasteiger partial charge is 0.507 e. The molecule has 0 saturated heterocycles. The van der Waals surface area contributed by atoms with Gasteiger partial charge in [0.1, 0.15) is 5.75 Å². The van der Waals surface area contributed by atoms with Gasteiger partial charge in [0.2, 0.25) is 0 Å². The molecule has 1 atom stereocenters. The summed E-state index contributed by atoms with van der Waals surface area (Å²) in [7, 11) is 0. The van der Waals surface area contributed by atoms with Gasteiger partial charge in [-0.2, -0.15) is 0 Å². The second kappa shape index (κ2) is 4.50. The van der Waals surface area contributed by atoms with Gasteiger partial charge in [0.25, 0.3) is 0 Å². The fourth-order valence-electron chi connectivity index (χ4n) is 1.07. The van der Waals surface area contributed by atoms with Crippen LogP contribution in [-0.4, -0.2) is 16.3 Å². The zero-order valence-electron chi connectivity index (χ0n) is 7.49. The van der Waals surface area contributed by atoms with Crippen molar-refractivity contribution in [2.45, 2.75) is 13.0 Å². The van der Waals surface area contributed by atoms with Crippen molar-refractivity contribution in [2.75, 3.05) is 0 Å². The highest BCUT2D eigenvalue weighted by molar-refractivity contribution is 14.1. The number of aromatic hydroxyl groups is 1. The lowest BCUT2D eigenvalue weighted by molar-refractivity contribution is 0.191. The molecule has 14 heavy (non-hydrogen) atoms. The molecule has 1 amide bonds. The van der Waals surface area contributed by atoms with E-state index in [1.807, 2.05) is 22.6 Å². The van der Waals surface area contributed by atoms with Crippen LogP contribution < -0.4 is 5.32 Å². The molecule has 0 aliphatic carbocycles. The van der Waals surface area contributed by atoms with Gasteiger partial charge in [-0.05, 0) is 47.2 Å². The fraction of sp³-hybridized carbons (Fsp3) is 0.222. The molecule has 0 spiro atoms. The van der Waals surface area contributed by atoms with Crippen LogP contribution in [0.15, 0.2) is 18.2 Å². The number of amides is 1. The number of rotatable bonds is 2. The van der Waals surface area contributed by atoms with E-state index in [-0.39, 0.29) is 11.8 Å². The van der Waals surface area contributed by atoms with E-state index in [4.69, 9.17) is 5.11 Å². The van der Waals surface area contributed by atoms with Crippen molar-refractivity contribution in [3.63, 3.8) is 0 Å². The Balaban J connectivity index is 2.85. The Kier molecular flexibility index (Phi) is 3.56. The van der Waals surface area contributed by atoms with Crippen LogP contribution in [0.5, 0.6) is 5.75 Å². The first-order valence-corrected chi connectivity index (χ1v) is 5.06. The van der Waals surface area contributed by atoms with E-state index in [1.165, 1.54) is 0 Å². The number of hydrogen-bond acceptors (Lipinski definition) is 2. The first-order valence-electron chi connectivity index (χ1n) is 3.98. The number of hydrogen-bond donors (Lipinski definition) is 3. The molecule has 1 rings (SSSR count). The van der Waals surface area contributed by atoms with Gasteiger partial charge in [-0.3, -0.25) is 0 Å². The molecular weight excluding hydrogens is 297 g/mol. The Labute approximate surface area is 95.1 Å². The number of carbonyl (C=O) groups is 1. The van der Waals surface area contributed by atoms with E-state index in [1.54, 1.807) is 25.1 Å². The maximum Gasteiger partial charge on any atom is 0.405 e. The Morgan fingerprint density at radius 3 is 2.71 bits per heavy atom. The summed E-state index contributed by atoms with van der Waals surface area (Å²) >= 11 is 2.00. The van der Waals surface area contributed by atoms with Crippen LogP contribution in [0.2, 0.25) is 0 Å². The number of benzene rings is 1. The van der Waals surface area contributed by atoms with Gasteiger partial charge in [-0.15, -0.1) is 0 Å². The topological polar surface area (TPSA) is 69.6 Å². The molecule has 0 radical (unpaired) electrons. The Morgan fingerprint density at radius 2 is 2.21 bits per heavy atom. The summed E-state index contributed by atoms with van der Waals surface area (Å²) in [6, 6.07) is 4.76. The predicted molar refractivity (Wildman–Crippen MR) is 60.4 cm³/mol. The van der Waals surface area contributed by atoms with Crippen molar-refractivity contribution in [3.05, 3.63) is 27.3 Å². The van der Waals surface area contributed by atoms with E-state index >= 15 is 0 Å². The molecule has 1 unspecified atom stereocenters. The van der Waals surface area contributed by atoms with E-state index in [0.717, 1.165) is 9.13 Å². The minimum absolute atomic E-state index is 0.169. The molecule has 0 bridgehead atoms. The third-order valence-corrected chi connectivity index (χ3v) is 2.72. The molecule has 1 aromatic carbocycles. The van der Waals surface area contributed by atoms with Crippen molar-refractivity contribution < 1.29 is 15.0 Å². The molecule has 4 nitrogen and oxygen atoms in total. The lowest BCUT2D eigenvalue weighted by Crippen LogP contribution is -2.24. The van der Waals surface area contributed by atoms with Crippen molar-refractivity contribution in [2.24, 2.45) is 0 Å². The lowest BCUT2D eigenvalue weighted by Gasteiger charge is -2.12. The van der Waals surface area contributed by atoms with Crippen molar-refractivity contribution in [1.82, 2.24) is 5.32 Å². The summed E-state index contributed by atoms with van der Waals surface area (Å²) in [5.41, 5.74) is 0.741. The van der Waals surface area contributed by atoms with E-state index in [2.05, 4.69) is 5.32 Å². The third kappa shape index (κ3) is 2.76. The van der Waals surface area contributed by atoms with Crippen LogP contribution in [0.25, 0.3) is 0 Å². The highest BCUT2D eigenvalue weighted by Gasteiger charge is 2.09. The van der Waals surface area contributed by atoms with Crippen LogP contribution in [0.1, 0.15) is 18.5 Å². The fourth-order valence-corrected chi connectivity index (χ4v) is 1.40. The molecule has 0 saturated carbocycles. The smallest absolute Gasteiger partial charge is 0.405 e. The summed E-state index contributed by atoms with van der Waals surface area (Å²) in [5, 5.41) is 20.2. The van der Waals surface area contributed by atoms with Gasteiger partial charge < -0.3 is 15.5 Å². The van der Waals surface area contributed by atoms with Crippen molar-refractivity contribution >= 4 is 28.7 Å². The SMILES string of the molecule is CC(NC(=O)O)c1ccc(I)c(O)c1. The van der Waals surface area contributed by atoms with E-state index in [9.17, 15) is 9.90 Å². The third-order valence-electron chi connectivity index (χ3n) is 1.81. The van der Waals surface area contributed by atoms with Crippen LogP contribution in [0, 0.1) is 3.57 Å². The molecule has 0 heterocycles. The molecule has 0 aromatic heterocycles. The minimum atomic E-state index is -1.07. The average molecular weight is 307 g/mol. The maximum absolute atomic E-state index is 10.4. The van der Waals surface area contributed by atoms with E-state index < -0.39 is 6.09 Å². The van der Waals surface area contributed by atoms with Gasteiger partial charge in [-0.1, -0.05) is 6.07 Å². The highest BCUT2D eigenvalue weighted by Crippen LogP contribution is 2.23. The monoisotopic (exact) mass is 307 g/mol. The summed E-state index contributed by atoms with van der Waals surface area (Å²) in [4.78, 5) is 10.4. The standard InChI is InChI=1S/C9H10INO3/c1-5(11-9(13)14)6-2-3-7(10)8(12)4-6/h2-5,11-12H,1H3,(H,13,14). The van der Waals surface area contributed by atoms with Gasteiger partial charge in [0, 0.05) is 0 Å². The lowest BCUT2D eigenvalue weighted by atomic mass is 10.1. The number of carboxylic acid groups (broad SMARTS) is 1. The number of phenolic OH excluding ortho intramolecular Hbond substituents is 1. The summed E-state index contributed by atoms with van der Waals surface area (Å²) in [5.74, 6) is 0.169. The number of phenols is 1. The molecule has 0 fully saturated rings. The quantitative estimate of drug-likeness (QED) is 0.735. The zero-order chi connectivity index (χ0) is 10.7. The molecular formula is C9H10INO3. The predicted octanol–water partition coefficient (Wildman–Crippen LogP) is 2.33. The van der Waals surface area contributed by atoms with Crippen LogP contribution >= 0.6 is 22.6 Å². The maximum atomic E-state index is 10.4. The van der Waals surface area contributed by atoms with Crippen LogP contribution in [0.3, 0.4) is 0 Å². The minimum Gasteiger partial charge on any atom is -0.507 e. The highest BCUT2D eigenvalue weighted by atomic mass is 127. The number of nitrogens with one attached hydrogen (secondary N) is 1. The summed E-state index contributed by atoms with van der Waals surface area (Å²) in [6.45, 7) is 1.72. The molecule has 1 aromatic rings. The zero-order valence-corrected chi connectivity index (χ0v) is 9.65. The Hall–Kier alpha value is -0.980. The van der Waals surface area contributed by atoms with E-state index in [0.29, 0.717) is 0 Å². The van der Waals surface area contributed by atoms with Crippen LogP contribution in [-0.2, 0) is 0 Å². The molecule has 0 aliphatic heterocycles. The Bertz CT molecular complexity index is 354. The van der Waals surface area contributed by atoms with Gasteiger partial charge in [0.15, 0.2) is 0 Å². The van der Waals surface area contributed by atoms with Crippen LogP contribution in [0.4, 0.5) is 4.79 Å². The molecule has 0 aliphatic rings. The summed E-state index contributed by atoms with van der Waals surface area (Å²) < 4.78 is 0.744. The average Bonchev–Trinajstić information content (AvgIpc) is 2.08. The molecule has 3 N–H and O–H groups in total. The van der Waals surface area contributed by atoms with Gasteiger partial charge in [-0.25, -0.2) is 4.79 Å². The van der Waals surface area contributed by atoms with Crippen molar-refractivity contribution in [3.8, 4) is 5.75 Å². The van der Waals surface area contributed by atoms with Gasteiger partial charge >= 0.3 is 6.09 Å². The summed E-state index contributed by atoms with van der Waals surface area (Å²) in [6.07, 6.45) is -1.07. The van der Waals surface area contributed by atoms with Gasteiger partial charge in [0.05, 0.1) is 9.61 Å². The first-order chi connectivity index (χ1) is 6.50. The first kappa shape index (κ1) is 11.1. The second-order valence-electron chi connectivity index (χ2n) is 2.88. The Morgan fingerprint density at radius 1 is 1.57 bits per heavy atom. The normalized spacial score (nSPS) is 12.1. The molecule has 76 valence electrons. The molecule has 5 heteroatoms. The second-order valence-corrected chi connectivity index (χ2v) is 4.04. The van der Waals surface area contributed by atoms with Crippen molar-refractivity contribution in [1.29, 1.82) is 0 Å².